The molecule has 0 aliphatic rings. The molecule has 0 aromatic carbocycles. The number of aromatic carboxylic acids is 1. The van der Waals surface area contributed by atoms with E-state index in [2.05, 4.69) is 10.6 Å². The molecule has 0 aliphatic carbocycles. The van der Waals surface area contributed by atoms with Gasteiger partial charge in [0.2, 0.25) is 0 Å². The van der Waals surface area contributed by atoms with Gasteiger partial charge in [-0.25, -0.2) is 9.59 Å². The van der Waals surface area contributed by atoms with Gasteiger partial charge in [-0.05, 0) is 11.4 Å². The average molecular weight is 274 g/mol. The smallest absolute Gasteiger partial charge is 0.338 e. The van der Waals surface area contributed by atoms with Crippen LogP contribution in [0.5, 0.6) is 0 Å². The lowest BCUT2D eigenvalue weighted by molar-refractivity contribution is -0.0970. The summed E-state index contributed by atoms with van der Waals surface area (Å²) in [6, 6.07) is 0.912. The topological polar surface area (TPSA) is 96.9 Å². The van der Waals surface area contributed by atoms with Gasteiger partial charge in [-0.15, -0.1) is 11.3 Å². The number of carbonyl (C=O) groups is 2. The maximum absolute atomic E-state index is 11.5. The highest BCUT2D eigenvalue weighted by atomic mass is 32.1. The lowest BCUT2D eigenvalue weighted by Crippen LogP contribution is -2.36. The molecule has 1 heterocycles. The van der Waals surface area contributed by atoms with Crippen molar-refractivity contribution in [1.82, 2.24) is 5.32 Å². The van der Waals surface area contributed by atoms with E-state index in [1.54, 1.807) is 5.38 Å². The number of urea groups is 1. The number of carbonyl (C=O) groups excluding carboxylic acids is 1. The van der Waals surface area contributed by atoms with Gasteiger partial charge >= 0.3 is 12.0 Å². The van der Waals surface area contributed by atoms with E-state index in [0.717, 1.165) is 11.3 Å². The monoisotopic (exact) mass is 274 g/mol. The van der Waals surface area contributed by atoms with Crippen LogP contribution in [0.3, 0.4) is 0 Å². The summed E-state index contributed by atoms with van der Waals surface area (Å²) in [7, 11) is 2.91. The van der Waals surface area contributed by atoms with Crippen LogP contribution in [0, 0.1) is 0 Å². The second-order valence-corrected chi connectivity index (χ2v) is 4.12. The molecule has 7 nitrogen and oxygen atoms in total. The van der Waals surface area contributed by atoms with E-state index in [1.165, 1.54) is 20.3 Å². The highest BCUT2D eigenvalue weighted by Crippen LogP contribution is 2.22. The SMILES string of the molecule is COC(CNC(=O)Nc1sccc1C(=O)O)OC. The second kappa shape index (κ2) is 6.94. The standard InChI is InChI=1S/C10H14N2O5S/c1-16-7(17-2)5-11-10(15)12-8-6(9(13)14)3-4-18-8/h3-4,7H,5H2,1-2H3,(H,13,14)(H2,11,12,15). The first-order valence-corrected chi connectivity index (χ1v) is 5.87. The Morgan fingerprint density at radius 1 is 1.44 bits per heavy atom. The van der Waals surface area contributed by atoms with E-state index in [-0.39, 0.29) is 17.1 Å². The van der Waals surface area contributed by atoms with E-state index in [1.807, 2.05) is 0 Å². The van der Waals surface area contributed by atoms with Crippen LogP contribution >= 0.6 is 11.3 Å². The third-order valence-electron chi connectivity index (χ3n) is 2.08. The van der Waals surface area contributed by atoms with E-state index in [9.17, 15) is 9.59 Å². The lowest BCUT2D eigenvalue weighted by Gasteiger charge is -2.14. The molecule has 0 saturated heterocycles. The number of nitrogens with one attached hydrogen (secondary N) is 2. The Morgan fingerprint density at radius 3 is 2.67 bits per heavy atom. The van der Waals surface area contributed by atoms with Gasteiger partial charge in [0.1, 0.15) is 5.00 Å². The molecule has 0 spiro atoms. The number of thiophene rings is 1. The molecule has 0 radical (unpaired) electrons. The fourth-order valence-electron chi connectivity index (χ4n) is 1.16. The van der Waals surface area contributed by atoms with E-state index in [0.29, 0.717) is 0 Å². The van der Waals surface area contributed by atoms with Crippen LogP contribution in [0.15, 0.2) is 11.4 Å². The van der Waals surface area contributed by atoms with Crippen molar-refractivity contribution >= 4 is 28.3 Å². The van der Waals surface area contributed by atoms with Gasteiger partial charge in [0, 0.05) is 14.2 Å². The van der Waals surface area contributed by atoms with Crippen molar-refractivity contribution in [1.29, 1.82) is 0 Å². The van der Waals surface area contributed by atoms with E-state index < -0.39 is 18.3 Å². The summed E-state index contributed by atoms with van der Waals surface area (Å²) in [6.07, 6.45) is -0.543. The Balaban J connectivity index is 2.49. The van der Waals surface area contributed by atoms with Crippen molar-refractivity contribution in [2.24, 2.45) is 0 Å². The van der Waals surface area contributed by atoms with Gasteiger partial charge in [0.25, 0.3) is 0 Å². The summed E-state index contributed by atoms with van der Waals surface area (Å²) in [6.45, 7) is 0.159. The first-order valence-electron chi connectivity index (χ1n) is 4.99. The number of carboxylic acids is 1. The molecule has 8 heteroatoms. The second-order valence-electron chi connectivity index (χ2n) is 3.20. The number of rotatable bonds is 6. The van der Waals surface area contributed by atoms with E-state index >= 15 is 0 Å². The number of carboxylic acid groups (broad SMARTS) is 1. The molecule has 1 aromatic rings. The lowest BCUT2D eigenvalue weighted by atomic mass is 10.3. The summed E-state index contributed by atoms with van der Waals surface area (Å²) in [4.78, 5) is 22.3. The third-order valence-corrected chi connectivity index (χ3v) is 2.91. The van der Waals surface area contributed by atoms with Crippen molar-refractivity contribution in [3.63, 3.8) is 0 Å². The van der Waals surface area contributed by atoms with Crippen LogP contribution in [-0.4, -0.2) is 44.2 Å². The first-order chi connectivity index (χ1) is 8.58. The summed E-state index contributed by atoms with van der Waals surface area (Å²) in [5, 5.41) is 15.7. The largest absolute Gasteiger partial charge is 0.478 e. The number of hydrogen-bond donors (Lipinski definition) is 3. The minimum absolute atomic E-state index is 0.0604. The van der Waals surface area contributed by atoms with Crippen molar-refractivity contribution in [2.75, 3.05) is 26.1 Å². The van der Waals surface area contributed by atoms with Crippen molar-refractivity contribution in [3.05, 3.63) is 17.0 Å². The zero-order chi connectivity index (χ0) is 13.5. The highest BCUT2D eigenvalue weighted by Gasteiger charge is 2.14. The predicted octanol–water partition coefficient (Wildman–Crippen LogP) is 1.19. The van der Waals surface area contributed by atoms with Gasteiger partial charge in [-0.2, -0.15) is 0 Å². The maximum Gasteiger partial charge on any atom is 0.338 e. The van der Waals surface area contributed by atoms with E-state index in [4.69, 9.17) is 14.6 Å². The van der Waals surface area contributed by atoms with Gasteiger partial charge in [-0.3, -0.25) is 5.32 Å². The molecular formula is C10H14N2O5S. The van der Waals surface area contributed by atoms with Gasteiger partial charge in [0.15, 0.2) is 6.29 Å². The Bertz CT molecular complexity index is 416. The van der Waals surface area contributed by atoms with Gasteiger partial charge in [-0.1, -0.05) is 0 Å². The highest BCUT2D eigenvalue weighted by molar-refractivity contribution is 7.14. The van der Waals surface area contributed by atoms with Crippen molar-refractivity contribution in [3.8, 4) is 0 Å². The predicted molar refractivity (Wildman–Crippen MR) is 66.1 cm³/mol. The van der Waals surface area contributed by atoms with Gasteiger partial charge in [0.05, 0.1) is 12.1 Å². The minimum Gasteiger partial charge on any atom is -0.478 e. The maximum atomic E-state index is 11.5. The van der Waals surface area contributed by atoms with Crippen LogP contribution in [0.4, 0.5) is 9.80 Å². The van der Waals surface area contributed by atoms with Crippen LogP contribution in [0.25, 0.3) is 0 Å². The Kier molecular flexibility index (Phi) is 5.56. The third kappa shape index (κ3) is 3.99. The summed E-state index contributed by atoms with van der Waals surface area (Å²) < 4.78 is 9.78. The Labute approximate surface area is 108 Å². The molecule has 0 unspecified atom stereocenters. The van der Waals surface area contributed by atoms with Crippen LogP contribution in [0.1, 0.15) is 10.4 Å². The van der Waals surface area contributed by atoms with Crippen molar-refractivity contribution < 1.29 is 24.2 Å². The molecule has 18 heavy (non-hydrogen) atoms. The summed E-state index contributed by atoms with van der Waals surface area (Å²) in [5.74, 6) is -1.08. The zero-order valence-electron chi connectivity index (χ0n) is 9.93. The van der Waals surface area contributed by atoms with Gasteiger partial charge < -0.3 is 19.9 Å². The Hall–Kier alpha value is -1.64. The molecule has 0 fully saturated rings. The number of amides is 2. The molecule has 0 saturated carbocycles. The molecule has 2 amide bonds. The average Bonchev–Trinajstić information content (AvgIpc) is 2.78. The fraction of sp³-hybridized carbons (Fsp3) is 0.400. The number of hydrogen-bond acceptors (Lipinski definition) is 5. The quantitative estimate of drug-likeness (QED) is 0.677. The molecule has 0 aliphatic heterocycles. The minimum atomic E-state index is -1.08. The Morgan fingerprint density at radius 2 is 2.11 bits per heavy atom. The molecule has 1 aromatic heterocycles. The normalized spacial score (nSPS) is 10.4. The molecule has 0 bridgehead atoms. The molecule has 0 atom stereocenters. The van der Waals surface area contributed by atoms with Crippen LogP contribution < -0.4 is 10.6 Å². The molecule has 1 rings (SSSR count). The summed E-state index contributed by atoms with van der Waals surface area (Å²) >= 11 is 1.14. The number of ether oxygens (including phenoxy) is 2. The van der Waals surface area contributed by atoms with Crippen LogP contribution in [0.2, 0.25) is 0 Å². The fourth-order valence-corrected chi connectivity index (χ4v) is 1.93. The summed E-state index contributed by atoms with van der Waals surface area (Å²) in [5.41, 5.74) is 0.0604. The molecule has 3 N–H and O–H groups in total. The number of methoxy groups -OCH3 is 2. The number of anilines is 1. The van der Waals surface area contributed by atoms with Crippen LogP contribution in [-0.2, 0) is 9.47 Å². The first kappa shape index (κ1) is 14.4. The van der Waals surface area contributed by atoms with Crippen molar-refractivity contribution in [2.45, 2.75) is 6.29 Å². The molecular weight excluding hydrogens is 260 g/mol. The zero-order valence-corrected chi connectivity index (χ0v) is 10.7. The molecule has 100 valence electrons.